The van der Waals surface area contributed by atoms with Gasteiger partial charge in [-0.2, -0.15) is 0 Å². The minimum Gasteiger partial charge on any atom is -0.377 e. The van der Waals surface area contributed by atoms with Gasteiger partial charge < -0.3 is 15.0 Å². The molecular formula is C19H28N2O3. The number of ether oxygens (including phenoxy) is 1. The van der Waals surface area contributed by atoms with Crippen LogP contribution in [0.25, 0.3) is 0 Å². The van der Waals surface area contributed by atoms with Gasteiger partial charge in [0.25, 0.3) is 5.91 Å². The predicted octanol–water partition coefficient (Wildman–Crippen LogP) is 2.46. The monoisotopic (exact) mass is 332 g/mol. The number of nitrogens with zero attached hydrogens (tertiary/aromatic N) is 1. The molecule has 2 atom stereocenters. The SMILES string of the molecule is CNC(=O)c1ccc(CN(C)C(=O)[C@@H]2CCCO[C@H]2C(C)C)cc1. The van der Waals surface area contributed by atoms with E-state index in [-0.39, 0.29) is 23.8 Å². The fraction of sp³-hybridized carbons (Fsp3) is 0.579. The van der Waals surface area contributed by atoms with E-state index in [9.17, 15) is 9.59 Å². The molecule has 1 aliphatic rings. The van der Waals surface area contributed by atoms with Crippen molar-refractivity contribution in [2.45, 2.75) is 39.3 Å². The highest BCUT2D eigenvalue weighted by molar-refractivity contribution is 5.93. The van der Waals surface area contributed by atoms with Crippen LogP contribution in [0.4, 0.5) is 0 Å². The van der Waals surface area contributed by atoms with Crippen molar-refractivity contribution in [2.24, 2.45) is 11.8 Å². The van der Waals surface area contributed by atoms with Gasteiger partial charge in [-0.15, -0.1) is 0 Å². The second-order valence-electron chi connectivity index (χ2n) is 6.80. The van der Waals surface area contributed by atoms with Crippen LogP contribution in [-0.4, -0.2) is 43.5 Å². The third-order valence-electron chi connectivity index (χ3n) is 4.58. The zero-order valence-electron chi connectivity index (χ0n) is 15.0. The third kappa shape index (κ3) is 4.35. The third-order valence-corrected chi connectivity index (χ3v) is 4.58. The summed E-state index contributed by atoms with van der Waals surface area (Å²) in [6, 6.07) is 7.36. The first kappa shape index (κ1) is 18.5. The van der Waals surface area contributed by atoms with E-state index in [1.165, 1.54) is 0 Å². The van der Waals surface area contributed by atoms with Crippen LogP contribution >= 0.6 is 0 Å². The van der Waals surface area contributed by atoms with Gasteiger partial charge in [0.2, 0.25) is 5.91 Å². The van der Waals surface area contributed by atoms with Crippen LogP contribution in [0.5, 0.6) is 0 Å². The molecule has 5 nitrogen and oxygen atoms in total. The average molecular weight is 332 g/mol. The molecule has 1 saturated heterocycles. The summed E-state index contributed by atoms with van der Waals surface area (Å²) in [5.74, 6) is 0.308. The summed E-state index contributed by atoms with van der Waals surface area (Å²) in [5, 5.41) is 2.60. The summed E-state index contributed by atoms with van der Waals surface area (Å²) >= 11 is 0. The number of nitrogens with one attached hydrogen (secondary N) is 1. The van der Waals surface area contributed by atoms with Gasteiger partial charge in [0.15, 0.2) is 0 Å². The molecule has 1 fully saturated rings. The molecule has 0 aromatic heterocycles. The van der Waals surface area contributed by atoms with Gasteiger partial charge in [-0.25, -0.2) is 0 Å². The predicted molar refractivity (Wildman–Crippen MR) is 93.6 cm³/mol. The number of carbonyl (C=O) groups excluding carboxylic acids is 2. The number of rotatable bonds is 5. The fourth-order valence-corrected chi connectivity index (χ4v) is 3.26. The number of benzene rings is 1. The Kier molecular flexibility index (Phi) is 6.37. The van der Waals surface area contributed by atoms with Gasteiger partial charge in [-0.1, -0.05) is 26.0 Å². The van der Waals surface area contributed by atoms with Crippen molar-refractivity contribution in [3.63, 3.8) is 0 Å². The lowest BCUT2D eigenvalue weighted by atomic mass is 9.86. The molecule has 1 aromatic carbocycles. The molecule has 0 radical (unpaired) electrons. The normalized spacial score (nSPS) is 20.7. The maximum absolute atomic E-state index is 12.8. The molecule has 2 amide bonds. The maximum atomic E-state index is 12.8. The van der Waals surface area contributed by atoms with Crippen molar-refractivity contribution >= 4 is 11.8 Å². The Morgan fingerprint density at radius 1 is 1.29 bits per heavy atom. The Bertz CT molecular complexity index is 568. The summed E-state index contributed by atoms with van der Waals surface area (Å²) < 4.78 is 5.84. The van der Waals surface area contributed by atoms with E-state index in [4.69, 9.17) is 4.74 Å². The number of hydrogen-bond donors (Lipinski definition) is 1. The van der Waals surface area contributed by atoms with Crippen molar-refractivity contribution in [2.75, 3.05) is 20.7 Å². The molecule has 1 heterocycles. The maximum Gasteiger partial charge on any atom is 0.251 e. The molecular weight excluding hydrogens is 304 g/mol. The summed E-state index contributed by atoms with van der Waals surface area (Å²) in [7, 11) is 3.45. The largest absolute Gasteiger partial charge is 0.377 e. The van der Waals surface area contributed by atoms with Crippen molar-refractivity contribution in [1.29, 1.82) is 0 Å². The molecule has 1 aliphatic heterocycles. The van der Waals surface area contributed by atoms with Gasteiger partial charge in [0, 0.05) is 32.8 Å². The Hall–Kier alpha value is -1.88. The first-order valence-electron chi connectivity index (χ1n) is 8.61. The Morgan fingerprint density at radius 3 is 2.54 bits per heavy atom. The zero-order valence-corrected chi connectivity index (χ0v) is 15.0. The standard InChI is InChI=1S/C19H28N2O3/c1-13(2)17-16(6-5-11-24-17)19(23)21(4)12-14-7-9-15(10-8-14)18(22)20-3/h7-10,13,16-17H,5-6,11-12H2,1-4H3,(H,20,22)/t16-,17+/m1/s1. The Morgan fingerprint density at radius 2 is 1.96 bits per heavy atom. The van der Waals surface area contributed by atoms with Crippen molar-refractivity contribution in [1.82, 2.24) is 10.2 Å². The average Bonchev–Trinajstić information content (AvgIpc) is 2.60. The van der Waals surface area contributed by atoms with Crippen LogP contribution in [0.15, 0.2) is 24.3 Å². The van der Waals surface area contributed by atoms with E-state index < -0.39 is 0 Å². The van der Waals surface area contributed by atoms with Gasteiger partial charge >= 0.3 is 0 Å². The van der Waals surface area contributed by atoms with Crippen LogP contribution in [-0.2, 0) is 16.1 Å². The van der Waals surface area contributed by atoms with E-state index in [0.29, 0.717) is 18.0 Å². The van der Waals surface area contributed by atoms with Gasteiger partial charge in [0.05, 0.1) is 12.0 Å². The van der Waals surface area contributed by atoms with E-state index in [1.807, 2.05) is 19.2 Å². The number of hydrogen-bond acceptors (Lipinski definition) is 3. The highest BCUT2D eigenvalue weighted by Gasteiger charge is 2.35. The van der Waals surface area contributed by atoms with E-state index in [0.717, 1.165) is 25.0 Å². The fourth-order valence-electron chi connectivity index (χ4n) is 3.26. The van der Waals surface area contributed by atoms with E-state index in [2.05, 4.69) is 19.2 Å². The topological polar surface area (TPSA) is 58.6 Å². The lowest BCUT2D eigenvalue weighted by Crippen LogP contribution is -2.44. The van der Waals surface area contributed by atoms with Gasteiger partial charge in [0.1, 0.15) is 0 Å². The zero-order chi connectivity index (χ0) is 17.7. The molecule has 0 aliphatic carbocycles. The lowest BCUT2D eigenvalue weighted by Gasteiger charge is -2.35. The highest BCUT2D eigenvalue weighted by atomic mass is 16.5. The second kappa shape index (κ2) is 8.29. The molecule has 0 unspecified atom stereocenters. The molecule has 1 N–H and O–H groups in total. The minimum atomic E-state index is -0.106. The summed E-state index contributed by atoms with van der Waals surface area (Å²) in [4.78, 5) is 26.2. The van der Waals surface area contributed by atoms with E-state index in [1.54, 1.807) is 24.1 Å². The van der Waals surface area contributed by atoms with Crippen molar-refractivity contribution in [3.05, 3.63) is 35.4 Å². The first-order valence-corrected chi connectivity index (χ1v) is 8.61. The summed E-state index contributed by atoms with van der Waals surface area (Å²) in [6.07, 6.45) is 1.83. The Balaban J connectivity index is 2.01. The molecule has 2 rings (SSSR count). The minimum absolute atomic E-state index is 0.00401. The molecule has 24 heavy (non-hydrogen) atoms. The van der Waals surface area contributed by atoms with E-state index >= 15 is 0 Å². The van der Waals surface area contributed by atoms with Crippen LogP contribution in [0.3, 0.4) is 0 Å². The van der Waals surface area contributed by atoms with Crippen molar-refractivity contribution < 1.29 is 14.3 Å². The molecule has 0 bridgehead atoms. The van der Waals surface area contributed by atoms with Crippen LogP contribution < -0.4 is 5.32 Å². The number of carbonyl (C=O) groups is 2. The smallest absolute Gasteiger partial charge is 0.251 e. The van der Waals surface area contributed by atoms with Gasteiger partial charge in [-0.05, 0) is 36.5 Å². The molecule has 0 saturated carbocycles. The van der Waals surface area contributed by atoms with Crippen LogP contribution in [0.2, 0.25) is 0 Å². The Labute approximate surface area is 144 Å². The molecule has 132 valence electrons. The quantitative estimate of drug-likeness (QED) is 0.901. The highest BCUT2D eigenvalue weighted by Crippen LogP contribution is 2.28. The van der Waals surface area contributed by atoms with Crippen LogP contribution in [0, 0.1) is 11.8 Å². The number of amides is 2. The van der Waals surface area contributed by atoms with Crippen molar-refractivity contribution in [3.8, 4) is 0 Å². The first-order chi connectivity index (χ1) is 11.4. The molecule has 1 aromatic rings. The van der Waals surface area contributed by atoms with Gasteiger partial charge in [-0.3, -0.25) is 9.59 Å². The molecule has 5 heteroatoms. The summed E-state index contributed by atoms with van der Waals surface area (Å²) in [5.41, 5.74) is 1.63. The van der Waals surface area contributed by atoms with Crippen LogP contribution in [0.1, 0.15) is 42.6 Å². The lowest BCUT2D eigenvalue weighted by molar-refractivity contribution is -0.147. The molecule has 0 spiro atoms. The second-order valence-corrected chi connectivity index (χ2v) is 6.80. The summed E-state index contributed by atoms with van der Waals surface area (Å²) in [6.45, 7) is 5.49.